The molecule has 2 aromatic rings. The Balaban J connectivity index is 2.33. The van der Waals surface area contributed by atoms with Crippen molar-refractivity contribution >= 4 is 0 Å². The lowest BCUT2D eigenvalue weighted by atomic mass is 10.1. The number of nitrogens with one attached hydrogen (secondary N) is 1. The average Bonchev–Trinajstić information content (AvgIpc) is 2.80. The van der Waals surface area contributed by atoms with E-state index in [2.05, 4.69) is 31.2 Å². The molecule has 0 bridgehead atoms. The van der Waals surface area contributed by atoms with Crippen LogP contribution in [0.1, 0.15) is 38.4 Å². The van der Waals surface area contributed by atoms with Crippen LogP contribution < -0.4 is 5.32 Å². The highest BCUT2D eigenvalue weighted by atomic mass is 19.1. The molecule has 0 aliphatic carbocycles. The standard InChI is InChI=1S/C16H22FN3/c1-4-6-16-13(10-18-12(2)3)11-19-20(16)15-8-5-7-14(17)9-15/h5,7-9,11-12,18H,4,6,10H2,1-3H3. The number of nitrogens with zero attached hydrogens (tertiary/aromatic N) is 2. The molecule has 0 unspecified atom stereocenters. The molecule has 108 valence electrons. The molecule has 0 saturated carbocycles. The lowest BCUT2D eigenvalue weighted by molar-refractivity contribution is 0.585. The first-order chi connectivity index (χ1) is 9.61. The van der Waals surface area contributed by atoms with Gasteiger partial charge in [-0.15, -0.1) is 0 Å². The SMILES string of the molecule is CCCc1c(CNC(C)C)cnn1-c1cccc(F)c1. The molecule has 4 heteroatoms. The monoisotopic (exact) mass is 275 g/mol. The molecule has 0 aliphatic heterocycles. The Labute approximate surface area is 119 Å². The predicted molar refractivity (Wildman–Crippen MR) is 79.5 cm³/mol. The van der Waals surface area contributed by atoms with Crippen LogP contribution in [0.25, 0.3) is 5.69 Å². The van der Waals surface area contributed by atoms with E-state index in [9.17, 15) is 4.39 Å². The van der Waals surface area contributed by atoms with E-state index in [1.54, 1.807) is 6.07 Å². The zero-order valence-corrected chi connectivity index (χ0v) is 12.4. The molecule has 0 fully saturated rings. The lowest BCUT2D eigenvalue weighted by Gasteiger charge is -2.11. The first-order valence-electron chi connectivity index (χ1n) is 7.17. The van der Waals surface area contributed by atoms with Crippen molar-refractivity contribution in [1.29, 1.82) is 0 Å². The Hall–Kier alpha value is -1.68. The van der Waals surface area contributed by atoms with E-state index in [1.807, 2.05) is 16.9 Å². The minimum absolute atomic E-state index is 0.234. The quantitative estimate of drug-likeness (QED) is 0.875. The molecule has 0 aliphatic rings. The van der Waals surface area contributed by atoms with Crippen molar-refractivity contribution in [2.24, 2.45) is 0 Å². The van der Waals surface area contributed by atoms with Gasteiger partial charge < -0.3 is 5.32 Å². The zero-order valence-electron chi connectivity index (χ0n) is 12.4. The molecule has 20 heavy (non-hydrogen) atoms. The van der Waals surface area contributed by atoms with Crippen molar-refractivity contribution in [3.8, 4) is 5.69 Å². The van der Waals surface area contributed by atoms with Gasteiger partial charge in [-0.2, -0.15) is 5.10 Å². The van der Waals surface area contributed by atoms with Crippen molar-refractivity contribution in [1.82, 2.24) is 15.1 Å². The van der Waals surface area contributed by atoms with Gasteiger partial charge in [-0.1, -0.05) is 33.3 Å². The maximum absolute atomic E-state index is 13.4. The summed E-state index contributed by atoms with van der Waals surface area (Å²) in [5, 5.41) is 7.84. The molecular formula is C16H22FN3. The number of benzene rings is 1. The van der Waals surface area contributed by atoms with Crippen LogP contribution in [0.2, 0.25) is 0 Å². The van der Waals surface area contributed by atoms with Crippen LogP contribution in [0, 0.1) is 5.82 Å². The Morgan fingerprint density at radius 3 is 2.80 bits per heavy atom. The number of aromatic nitrogens is 2. The molecule has 0 saturated heterocycles. The number of rotatable bonds is 6. The van der Waals surface area contributed by atoms with E-state index in [0.717, 1.165) is 30.8 Å². The Morgan fingerprint density at radius 1 is 1.35 bits per heavy atom. The van der Waals surface area contributed by atoms with Crippen LogP contribution >= 0.6 is 0 Å². The minimum atomic E-state index is -0.234. The minimum Gasteiger partial charge on any atom is -0.310 e. The van der Waals surface area contributed by atoms with Crippen molar-refractivity contribution < 1.29 is 4.39 Å². The summed E-state index contributed by atoms with van der Waals surface area (Å²) in [4.78, 5) is 0. The highest BCUT2D eigenvalue weighted by Gasteiger charge is 2.12. The summed E-state index contributed by atoms with van der Waals surface area (Å²) in [5.74, 6) is -0.234. The molecule has 3 nitrogen and oxygen atoms in total. The van der Waals surface area contributed by atoms with Gasteiger partial charge in [-0.25, -0.2) is 9.07 Å². The highest BCUT2D eigenvalue weighted by Crippen LogP contribution is 2.17. The van der Waals surface area contributed by atoms with Gasteiger partial charge >= 0.3 is 0 Å². The number of hydrogen-bond donors (Lipinski definition) is 1. The van der Waals surface area contributed by atoms with E-state index < -0.39 is 0 Å². The maximum atomic E-state index is 13.4. The van der Waals surface area contributed by atoms with E-state index in [0.29, 0.717) is 6.04 Å². The van der Waals surface area contributed by atoms with Gasteiger partial charge in [0, 0.05) is 23.8 Å². The Bertz CT molecular complexity index is 561. The zero-order chi connectivity index (χ0) is 14.5. The molecule has 1 N–H and O–H groups in total. The molecule has 0 amide bonds. The molecule has 2 rings (SSSR count). The summed E-state index contributed by atoms with van der Waals surface area (Å²) in [6.07, 6.45) is 3.85. The second-order valence-electron chi connectivity index (χ2n) is 5.29. The molecule has 1 aromatic heterocycles. The van der Waals surface area contributed by atoms with Crippen molar-refractivity contribution in [3.63, 3.8) is 0 Å². The van der Waals surface area contributed by atoms with Crippen molar-refractivity contribution in [2.45, 2.75) is 46.2 Å². The predicted octanol–water partition coefficient (Wildman–Crippen LogP) is 3.46. The van der Waals surface area contributed by atoms with Gasteiger partial charge in [0.15, 0.2) is 0 Å². The van der Waals surface area contributed by atoms with E-state index >= 15 is 0 Å². The molecule has 0 radical (unpaired) electrons. The van der Waals surface area contributed by atoms with Gasteiger partial charge in [0.25, 0.3) is 0 Å². The first kappa shape index (κ1) is 14.7. The fourth-order valence-corrected chi connectivity index (χ4v) is 2.20. The highest BCUT2D eigenvalue weighted by molar-refractivity contribution is 5.35. The van der Waals surface area contributed by atoms with E-state index in [-0.39, 0.29) is 5.82 Å². The fraction of sp³-hybridized carbons (Fsp3) is 0.438. The molecule has 0 atom stereocenters. The summed E-state index contributed by atoms with van der Waals surface area (Å²) in [7, 11) is 0. The average molecular weight is 275 g/mol. The van der Waals surface area contributed by atoms with Gasteiger partial charge in [0.05, 0.1) is 11.9 Å². The van der Waals surface area contributed by atoms with Gasteiger partial charge in [-0.05, 0) is 24.6 Å². The molecule has 1 aromatic carbocycles. The van der Waals surface area contributed by atoms with Crippen LogP contribution in [0.5, 0.6) is 0 Å². The Kier molecular flexibility index (Phi) is 4.90. The van der Waals surface area contributed by atoms with Crippen LogP contribution in [0.3, 0.4) is 0 Å². The molecular weight excluding hydrogens is 253 g/mol. The molecule has 1 heterocycles. The smallest absolute Gasteiger partial charge is 0.125 e. The largest absolute Gasteiger partial charge is 0.310 e. The van der Waals surface area contributed by atoms with Crippen molar-refractivity contribution in [2.75, 3.05) is 0 Å². The van der Waals surface area contributed by atoms with Crippen LogP contribution in [0.15, 0.2) is 30.5 Å². The Morgan fingerprint density at radius 2 is 2.15 bits per heavy atom. The first-order valence-corrected chi connectivity index (χ1v) is 7.17. The summed E-state index contributed by atoms with van der Waals surface area (Å²) in [6, 6.07) is 7.00. The van der Waals surface area contributed by atoms with Crippen molar-refractivity contribution in [3.05, 3.63) is 47.5 Å². The topological polar surface area (TPSA) is 29.9 Å². The number of hydrogen-bond acceptors (Lipinski definition) is 2. The maximum Gasteiger partial charge on any atom is 0.125 e. The third-order valence-electron chi connectivity index (χ3n) is 3.20. The second kappa shape index (κ2) is 6.66. The summed E-state index contributed by atoms with van der Waals surface area (Å²) < 4.78 is 15.2. The van der Waals surface area contributed by atoms with Crippen LogP contribution in [-0.2, 0) is 13.0 Å². The van der Waals surface area contributed by atoms with Gasteiger partial charge in [-0.3, -0.25) is 0 Å². The summed E-state index contributed by atoms with van der Waals surface area (Å²) in [5.41, 5.74) is 3.13. The second-order valence-corrected chi connectivity index (χ2v) is 5.29. The van der Waals surface area contributed by atoms with Crippen LogP contribution in [0.4, 0.5) is 4.39 Å². The lowest BCUT2D eigenvalue weighted by Crippen LogP contribution is -2.22. The summed E-state index contributed by atoms with van der Waals surface area (Å²) in [6.45, 7) is 7.18. The fourth-order valence-electron chi connectivity index (χ4n) is 2.20. The number of halogens is 1. The third-order valence-corrected chi connectivity index (χ3v) is 3.20. The third kappa shape index (κ3) is 3.45. The molecule has 0 spiro atoms. The van der Waals surface area contributed by atoms with E-state index in [1.165, 1.54) is 17.7 Å². The van der Waals surface area contributed by atoms with Gasteiger partial charge in [0.2, 0.25) is 0 Å². The van der Waals surface area contributed by atoms with E-state index in [4.69, 9.17) is 0 Å². The summed E-state index contributed by atoms with van der Waals surface area (Å²) >= 11 is 0. The normalized spacial score (nSPS) is 11.2. The van der Waals surface area contributed by atoms with Crippen LogP contribution in [-0.4, -0.2) is 15.8 Å². The van der Waals surface area contributed by atoms with Gasteiger partial charge in [0.1, 0.15) is 5.82 Å².